The second kappa shape index (κ2) is 10.1. The monoisotopic (exact) mass is 564 g/mol. The van der Waals surface area contributed by atoms with Gasteiger partial charge in [-0.2, -0.15) is 26.3 Å². The van der Waals surface area contributed by atoms with Gasteiger partial charge >= 0.3 is 30.3 Å². The summed E-state index contributed by atoms with van der Waals surface area (Å²) < 4.78 is 113. The first-order valence-corrected chi connectivity index (χ1v) is 11.9. The lowest BCUT2D eigenvalue weighted by molar-refractivity contribution is -0.323. The van der Waals surface area contributed by atoms with Crippen molar-refractivity contribution in [3.63, 3.8) is 0 Å². The van der Waals surface area contributed by atoms with Crippen molar-refractivity contribution >= 4 is 17.9 Å². The van der Waals surface area contributed by atoms with Gasteiger partial charge in [0.1, 0.15) is 18.6 Å². The van der Waals surface area contributed by atoms with E-state index in [0.717, 1.165) is 0 Å². The number of hydrogen-bond acceptors (Lipinski definition) is 10. The van der Waals surface area contributed by atoms with E-state index in [1.54, 1.807) is 6.92 Å². The molecular formula is C22H26F6O10. The summed E-state index contributed by atoms with van der Waals surface area (Å²) >= 11 is 0. The van der Waals surface area contributed by atoms with E-state index in [-0.39, 0.29) is 5.92 Å². The molecule has 38 heavy (non-hydrogen) atoms. The molecule has 4 aliphatic heterocycles. The number of alkyl halides is 6. The minimum absolute atomic E-state index is 0.198. The van der Waals surface area contributed by atoms with Crippen LogP contribution < -0.4 is 0 Å². The lowest BCUT2D eigenvalue weighted by atomic mass is 9.98. The first-order chi connectivity index (χ1) is 17.5. The summed E-state index contributed by atoms with van der Waals surface area (Å²) in [5.74, 6) is -6.19. The van der Waals surface area contributed by atoms with Gasteiger partial charge in [-0.25, -0.2) is 4.79 Å². The maximum Gasteiger partial charge on any atom is 0.423 e. The molecule has 0 aromatic carbocycles. The van der Waals surface area contributed by atoms with Gasteiger partial charge in [0.15, 0.2) is 18.5 Å². The third-order valence-corrected chi connectivity index (χ3v) is 6.63. The van der Waals surface area contributed by atoms with Gasteiger partial charge in [-0.05, 0) is 18.8 Å². The molecule has 4 fully saturated rings. The van der Waals surface area contributed by atoms with E-state index in [9.17, 15) is 40.7 Å². The van der Waals surface area contributed by atoms with Crippen LogP contribution in [0.5, 0.6) is 0 Å². The molecule has 10 nitrogen and oxygen atoms in total. The van der Waals surface area contributed by atoms with Crippen LogP contribution in [0.25, 0.3) is 0 Å². The topological polar surface area (TPSA) is 116 Å². The fourth-order valence-corrected chi connectivity index (χ4v) is 5.00. The maximum atomic E-state index is 12.7. The normalized spacial score (nSPS) is 35.6. The van der Waals surface area contributed by atoms with Gasteiger partial charge in [-0.1, -0.05) is 20.8 Å². The summed E-state index contributed by atoms with van der Waals surface area (Å²) in [7, 11) is 0. The first-order valence-electron chi connectivity index (χ1n) is 11.9. The van der Waals surface area contributed by atoms with Crippen LogP contribution in [-0.4, -0.2) is 86.1 Å². The predicted molar refractivity (Wildman–Crippen MR) is 107 cm³/mol. The SMILES string of the molecule is CC(C)CC(C)C(=O)OC1C(=O)OC2C3OC4(COC(=O)C4CCOC(C(F)(F)F)C(F)(F)F)OC3OC12. The second-order valence-corrected chi connectivity index (χ2v) is 10.1. The van der Waals surface area contributed by atoms with Crippen molar-refractivity contribution in [2.45, 2.75) is 88.6 Å². The summed E-state index contributed by atoms with van der Waals surface area (Å²) in [6, 6.07) is 0. The Balaban J connectivity index is 1.39. The molecule has 0 radical (unpaired) electrons. The second-order valence-electron chi connectivity index (χ2n) is 10.1. The lowest BCUT2D eigenvalue weighted by Crippen LogP contribution is -2.46. The number of hydrogen-bond donors (Lipinski definition) is 0. The van der Waals surface area contributed by atoms with Crippen molar-refractivity contribution in [1.82, 2.24) is 0 Å². The lowest BCUT2D eigenvalue weighted by Gasteiger charge is -2.28. The highest BCUT2D eigenvalue weighted by atomic mass is 19.4. The Morgan fingerprint density at radius 3 is 2.26 bits per heavy atom. The highest BCUT2D eigenvalue weighted by Gasteiger charge is 2.70. The molecule has 0 aliphatic carbocycles. The number of carbonyl (C=O) groups excluding carboxylic acids is 3. The van der Waals surface area contributed by atoms with Crippen LogP contribution in [0.15, 0.2) is 0 Å². The molecule has 1 spiro atoms. The Labute approximate surface area is 212 Å². The van der Waals surface area contributed by atoms with E-state index in [1.165, 1.54) is 0 Å². The Morgan fingerprint density at radius 2 is 1.66 bits per heavy atom. The van der Waals surface area contributed by atoms with Crippen molar-refractivity contribution in [3.8, 4) is 0 Å². The fourth-order valence-electron chi connectivity index (χ4n) is 5.00. The number of esters is 3. The van der Waals surface area contributed by atoms with Crippen LogP contribution in [0, 0.1) is 17.8 Å². The van der Waals surface area contributed by atoms with E-state index in [0.29, 0.717) is 6.42 Å². The predicted octanol–water partition coefficient (Wildman–Crippen LogP) is 2.42. The van der Waals surface area contributed by atoms with Crippen molar-refractivity contribution in [2.75, 3.05) is 13.2 Å². The summed E-state index contributed by atoms with van der Waals surface area (Å²) in [5.41, 5.74) is 0. The average Bonchev–Trinajstić information content (AvgIpc) is 3.46. The van der Waals surface area contributed by atoms with Gasteiger partial charge < -0.3 is 33.2 Å². The van der Waals surface area contributed by atoms with E-state index in [2.05, 4.69) is 4.74 Å². The molecule has 16 heteroatoms. The molecule has 8 atom stereocenters. The fraction of sp³-hybridized carbons (Fsp3) is 0.864. The highest BCUT2D eigenvalue weighted by Crippen LogP contribution is 2.49. The molecule has 4 saturated heterocycles. The number of cyclic esters (lactones) is 1. The molecule has 0 N–H and O–H groups in total. The van der Waals surface area contributed by atoms with E-state index >= 15 is 0 Å². The van der Waals surface area contributed by atoms with Gasteiger partial charge in [0.05, 0.1) is 5.92 Å². The zero-order valence-corrected chi connectivity index (χ0v) is 20.4. The standard InChI is InChI=1S/C22H26F6O10/c1-8(2)6-9(3)15(29)35-13-11-12(34-17(13)31)14-18(36-11)38-20(37-14)7-33-16(30)10(20)4-5-32-19(21(23,24)25)22(26,27)28/h8-14,18-19H,4-7H2,1-3H3. The van der Waals surface area contributed by atoms with Crippen molar-refractivity contribution in [2.24, 2.45) is 17.8 Å². The molecule has 216 valence electrons. The maximum absolute atomic E-state index is 12.7. The molecule has 4 rings (SSSR count). The molecule has 4 aliphatic rings. The number of halogens is 6. The highest BCUT2D eigenvalue weighted by molar-refractivity contribution is 5.83. The van der Waals surface area contributed by atoms with E-state index in [4.69, 9.17) is 28.4 Å². The van der Waals surface area contributed by atoms with E-state index < -0.39 is 104 Å². The molecule has 0 amide bonds. The molecule has 0 saturated carbocycles. The van der Waals surface area contributed by atoms with Gasteiger partial charge in [-0.15, -0.1) is 0 Å². The van der Waals surface area contributed by atoms with Crippen LogP contribution in [0.2, 0.25) is 0 Å². The summed E-state index contributed by atoms with van der Waals surface area (Å²) in [5, 5.41) is 0. The van der Waals surface area contributed by atoms with Crippen LogP contribution in [0.3, 0.4) is 0 Å². The van der Waals surface area contributed by atoms with Crippen molar-refractivity contribution in [1.29, 1.82) is 0 Å². The summed E-state index contributed by atoms with van der Waals surface area (Å²) in [6.45, 7) is 3.81. The zero-order valence-electron chi connectivity index (χ0n) is 20.4. The van der Waals surface area contributed by atoms with E-state index in [1.807, 2.05) is 13.8 Å². The van der Waals surface area contributed by atoms with Crippen molar-refractivity contribution in [3.05, 3.63) is 0 Å². The van der Waals surface area contributed by atoms with Gasteiger partial charge in [0.2, 0.25) is 18.0 Å². The molecule has 0 bridgehead atoms. The van der Waals surface area contributed by atoms with Crippen LogP contribution in [0.4, 0.5) is 26.3 Å². The molecule has 0 aromatic rings. The Kier molecular flexibility index (Phi) is 7.66. The van der Waals surface area contributed by atoms with Gasteiger partial charge in [-0.3, -0.25) is 9.59 Å². The quantitative estimate of drug-likeness (QED) is 0.247. The first kappa shape index (κ1) is 28.8. The minimum Gasteiger partial charge on any atom is -0.460 e. The molecule has 0 aromatic heterocycles. The largest absolute Gasteiger partial charge is 0.460 e. The number of rotatable bonds is 8. The molecular weight excluding hydrogens is 538 g/mol. The van der Waals surface area contributed by atoms with Gasteiger partial charge in [0, 0.05) is 6.61 Å². The van der Waals surface area contributed by atoms with Gasteiger partial charge in [0.25, 0.3) is 0 Å². The average molecular weight is 564 g/mol. The Morgan fingerprint density at radius 1 is 1.00 bits per heavy atom. The van der Waals surface area contributed by atoms with Crippen LogP contribution in [0.1, 0.15) is 33.6 Å². The summed E-state index contributed by atoms with van der Waals surface area (Å²) in [4.78, 5) is 37.1. The Hall–Kier alpha value is -2.17. The third-order valence-electron chi connectivity index (χ3n) is 6.63. The zero-order chi connectivity index (χ0) is 28.2. The van der Waals surface area contributed by atoms with Crippen LogP contribution >= 0.6 is 0 Å². The smallest absolute Gasteiger partial charge is 0.423 e. The summed E-state index contributed by atoms with van der Waals surface area (Å²) in [6.07, 6.45) is -21.6. The molecule has 4 heterocycles. The third kappa shape index (κ3) is 5.45. The Bertz CT molecular complexity index is 925. The number of carbonyl (C=O) groups is 3. The van der Waals surface area contributed by atoms with Crippen molar-refractivity contribution < 1.29 is 73.9 Å². The minimum atomic E-state index is -5.72. The molecule has 8 unspecified atom stereocenters. The number of fused-ring (bicyclic) bond motifs is 3. The number of ether oxygens (including phenoxy) is 7. The van der Waals surface area contributed by atoms with Crippen LogP contribution in [-0.2, 0) is 47.5 Å².